The van der Waals surface area contributed by atoms with E-state index in [0.29, 0.717) is 12.1 Å². The van der Waals surface area contributed by atoms with Crippen LogP contribution in [0, 0.1) is 11.8 Å². The number of aromatic nitrogens is 2. The second-order valence-electron chi connectivity index (χ2n) is 4.80. The summed E-state index contributed by atoms with van der Waals surface area (Å²) in [7, 11) is 1.77. The van der Waals surface area contributed by atoms with Crippen molar-refractivity contribution in [2.75, 3.05) is 6.54 Å². The molecule has 0 aliphatic heterocycles. The van der Waals surface area contributed by atoms with Gasteiger partial charge in [0.1, 0.15) is 5.69 Å². The fourth-order valence-corrected chi connectivity index (χ4v) is 1.68. The molecule has 1 aromatic rings. The summed E-state index contributed by atoms with van der Waals surface area (Å²) < 4.78 is 1.66. The van der Waals surface area contributed by atoms with E-state index in [4.69, 9.17) is 5.11 Å². The zero-order valence-electron chi connectivity index (χ0n) is 10.9. The van der Waals surface area contributed by atoms with Gasteiger partial charge < -0.3 is 15.0 Å². The summed E-state index contributed by atoms with van der Waals surface area (Å²) in [5.74, 6) is -1.51. The number of carbonyl (C=O) groups excluding carboxylic acids is 1. The fourth-order valence-electron chi connectivity index (χ4n) is 1.68. The van der Waals surface area contributed by atoms with Crippen LogP contribution >= 0.6 is 0 Å². The van der Waals surface area contributed by atoms with E-state index in [1.165, 1.54) is 6.33 Å². The monoisotopic (exact) mass is 253 g/mol. The van der Waals surface area contributed by atoms with Gasteiger partial charge in [0.05, 0.1) is 12.2 Å². The third-order valence-electron chi connectivity index (χ3n) is 2.55. The summed E-state index contributed by atoms with van der Waals surface area (Å²) in [5, 5.41) is 11.6. The van der Waals surface area contributed by atoms with Crippen molar-refractivity contribution in [3.8, 4) is 0 Å². The van der Waals surface area contributed by atoms with Crippen LogP contribution in [0.1, 0.15) is 30.8 Å². The van der Waals surface area contributed by atoms with E-state index >= 15 is 0 Å². The van der Waals surface area contributed by atoms with E-state index in [1.807, 2.05) is 13.8 Å². The fraction of sp³-hybridized carbons (Fsp3) is 0.583. The average molecular weight is 253 g/mol. The maximum absolute atomic E-state index is 11.7. The van der Waals surface area contributed by atoms with Gasteiger partial charge in [-0.3, -0.25) is 9.59 Å². The Bertz CT molecular complexity index is 426. The van der Waals surface area contributed by atoms with Gasteiger partial charge in [0, 0.05) is 19.8 Å². The van der Waals surface area contributed by atoms with Crippen LogP contribution < -0.4 is 5.32 Å². The quantitative estimate of drug-likeness (QED) is 0.788. The molecule has 1 unspecified atom stereocenters. The summed E-state index contributed by atoms with van der Waals surface area (Å²) in [5.41, 5.74) is 0.297. The van der Waals surface area contributed by atoms with Gasteiger partial charge in [-0.15, -0.1) is 0 Å². The molecule has 0 aliphatic rings. The van der Waals surface area contributed by atoms with Gasteiger partial charge in [0.15, 0.2) is 0 Å². The first-order valence-electron chi connectivity index (χ1n) is 5.89. The van der Waals surface area contributed by atoms with Crippen molar-refractivity contribution < 1.29 is 14.7 Å². The topological polar surface area (TPSA) is 84.2 Å². The van der Waals surface area contributed by atoms with E-state index in [0.717, 1.165) is 0 Å². The minimum Gasteiger partial charge on any atom is -0.481 e. The first-order chi connectivity index (χ1) is 8.40. The summed E-state index contributed by atoms with van der Waals surface area (Å²) in [6.45, 7) is 4.04. The number of imidazole rings is 1. The molecule has 0 aromatic carbocycles. The molecule has 0 aliphatic carbocycles. The van der Waals surface area contributed by atoms with Gasteiger partial charge in [-0.1, -0.05) is 13.8 Å². The largest absolute Gasteiger partial charge is 0.481 e. The molecule has 100 valence electrons. The third kappa shape index (κ3) is 4.20. The molecule has 1 amide bonds. The minimum atomic E-state index is -0.884. The highest BCUT2D eigenvalue weighted by atomic mass is 16.4. The summed E-state index contributed by atoms with van der Waals surface area (Å²) >= 11 is 0. The number of aryl methyl sites for hydroxylation is 1. The Hall–Kier alpha value is -1.85. The molecular weight excluding hydrogens is 234 g/mol. The molecule has 1 atom stereocenters. The smallest absolute Gasteiger partial charge is 0.308 e. The Morgan fingerprint density at radius 1 is 1.50 bits per heavy atom. The van der Waals surface area contributed by atoms with Crippen molar-refractivity contribution in [2.45, 2.75) is 20.3 Å². The lowest BCUT2D eigenvalue weighted by molar-refractivity contribution is -0.142. The lowest BCUT2D eigenvalue weighted by atomic mass is 9.97. The lowest BCUT2D eigenvalue weighted by Crippen LogP contribution is -2.33. The standard InChI is InChI=1S/C12H19N3O3/c1-8(2)4-9(12(17)18)5-13-11(16)10-6-15(3)7-14-10/h6-9H,4-5H2,1-3H3,(H,13,16)(H,17,18). The Morgan fingerprint density at radius 2 is 2.17 bits per heavy atom. The second-order valence-corrected chi connectivity index (χ2v) is 4.80. The molecule has 0 radical (unpaired) electrons. The van der Waals surface area contributed by atoms with Crippen molar-refractivity contribution in [1.29, 1.82) is 0 Å². The number of nitrogens with zero attached hydrogens (tertiary/aromatic N) is 2. The predicted molar refractivity (Wildman–Crippen MR) is 66.1 cm³/mol. The van der Waals surface area contributed by atoms with E-state index in [-0.39, 0.29) is 18.4 Å². The number of carbonyl (C=O) groups is 2. The molecule has 6 nitrogen and oxygen atoms in total. The molecule has 0 spiro atoms. The molecule has 0 bridgehead atoms. The molecule has 1 heterocycles. The Balaban J connectivity index is 2.52. The number of carboxylic acids is 1. The van der Waals surface area contributed by atoms with Gasteiger partial charge in [0.2, 0.25) is 0 Å². The Morgan fingerprint density at radius 3 is 2.61 bits per heavy atom. The van der Waals surface area contributed by atoms with Crippen molar-refractivity contribution in [3.63, 3.8) is 0 Å². The number of carboxylic acid groups (broad SMARTS) is 1. The highest BCUT2D eigenvalue weighted by Crippen LogP contribution is 2.11. The van der Waals surface area contributed by atoms with Crippen LogP contribution in [0.5, 0.6) is 0 Å². The highest BCUT2D eigenvalue weighted by Gasteiger charge is 2.20. The van der Waals surface area contributed by atoms with Crippen molar-refractivity contribution in [2.24, 2.45) is 18.9 Å². The van der Waals surface area contributed by atoms with Crippen LogP contribution in [0.3, 0.4) is 0 Å². The molecule has 6 heteroatoms. The number of amides is 1. The highest BCUT2D eigenvalue weighted by molar-refractivity contribution is 5.92. The number of hydrogen-bond acceptors (Lipinski definition) is 3. The predicted octanol–water partition coefficient (Wildman–Crippen LogP) is 0.897. The molecule has 0 fully saturated rings. The second kappa shape index (κ2) is 6.18. The molecule has 0 saturated heterocycles. The number of aliphatic carboxylic acids is 1. The number of hydrogen-bond donors (Lipinski definition) is 2. The average Bonchev–Trinajstić information content (AvgIpc) is 2.69. The van der Waals surface area contributed by atoms with Crippen molar-refractivity contribution >= 4 is 11.9 Å². The van der Waals surface area contributed by atoms with E-state index in [2.05, 4.69) is 10.3 Å². The van der Waals surface area contributed by atoms with E-state index in [1.54, 1.807) is 17.8 Å². The van der Waals surface area contributed by atoms with Crippen LogP contribution in [0.25, 0.3) is 0 Å². The van der Waals surface area contributed by atoms with E-state index < -0.39 is 11.9 Å². The molecule has 1 aromatic heterocycles. The van der Waals surface area contributed by atoms with Crippen LogP contribution in [-0.4, -0.2) is 33.1 Å². The van der Waals surface area contributed by atoms with Crippen LogP contribution in [0.4, 0.5) is 0 Å². The SMILES string of the molecule is CC(C)CC(CNC(=O)c1cn(C)cn1)C(=O)O. The Labute approximate surface area is 106 Å². The molecule has 2 N–H and O–H groups in total. The summed E-state index contributed by atoms with van der Waals surface area (Å²) in [6.07, 6.45) is 3.66. The van der Waals surface area contributed by atoms with Gasteiger partial charge in [-0.25, -0.2) is 4.98 Å². The maximum Gasteiger partial charge on any atom is 0.308 e. The molecule has 0 saturated carbocycles. The van der Waals surface area contributed by atoms with Gasteiger partial charge in [-0.2, -0.15) is 0 Å². The first-order valence-corrected chi connectivity index (χ1v) is 5.89. The van der Waals surface area contributed by atoms with E-state index in [9.17, 15) is 9.59 Å². The van der Waals surface area contributed by atoms with Crippen molar-refractivity contribution in [3.05, 3.63) is 18.2 Å². The number of nitrogens with one attached hydrogen (secondary N) is 1. The van der Waals surface area contributed by atoms with Gasteiger partial charge in [0.25, 0.3) is 5.91 Å². The normalized spacial score (nSPS) is 12.4. The maximum atomic E-state index is 11.7. The lowest BCUT2D eigenvalue weighted by Gasteiger charge is -2.14. The van der Waals surface area contributed by atoms with Gasteiger partial charge >= 0.3 is 5.97 Å². The van der Waals surface area contributed by atoms with Crippen molar-refractivity contribution in [1.82, 2.24) is 14.9 Å². The van der Waals surface area contributed by atoms with Gasteiger partial charge in [-0.05, 0) is 12.3 Å². The first kappa shape index (κ1) is 14.2. The summed E-state index contributed by atoms with van der Waals surface area (Å²) in [6, 6.07) is 0. The summed E-state index contributed by atoms with van der Waals surface area (Å²) in [4.78, 5) is 26.6. The van der Waals surface area contributed by atoms with Crippen LogP contribution in [0.15, 0.2) is 12.5 Å². The molecule has 1 rings (SSSR count). The minimum absolute atomic E-state index is 0.128. The zero-order chi connectivity index (χ0) is 13.7. The van der Waals surface area contributed by atoms with Crippen LogP contribution in [-0.2, 0) is 11.8 Å². The van der Waals surface area contributed by atoms with Crippen LogP contribution in [0.2, 0.25) is 0 Å². The molecular formula is C12H19N3O3. The molecule has 18 heavy (non-hydrogen) atoms. The number of rotatable bonds is 6. The third-order valence-corrected chi connectivity index (χ3v) is 2.55. The zero-order valence-corrected chi connectivity index (χ0v) is 10.9. The Kier molecular flexibility index (Phi) is 4.88.